The van der Waals surface area contributed by atoms with Gasteiger partial charge in [-0.25, -0.2) is 9.48 Å². The molecule has 0 bridgehead atoms. The number of nitrogens with one attached hydrogen (secondary N) is 1. The molecule has 0 unspecified atom stereocenters. The molecule has 0 radical (unpaired) electrons. The second kappa shape index (κ2) is 5.11. The Morgan fingerprint density at radius 1 is 1.37 bits per heavy atom. The van der Waals surface area contributed by atoms with E-state index in [9.17, 15) is 9.59 Å². The molecule has 2 aromatic rings. The third-order valence-corrected chi connectivity index (χ3v) is 2.79. The van der Waals surface area contributed by atoms with E-state index in [1.54, 1.807) is 12.3 Å². The van der Waals surface area contributed by atoms with Crippen molar-refractivity contribution in [2.45, 2.75) is 0 Å². The molecule has 7 heteroatoms. The van der Waals surface area contributed by atoms with Gasteiger partial charge in [-0.3, -0.25) is 4.79 Å². The predicted molar refractivity (Wildman–Crippen MR) is 68.9 cm³/mol. The van der Waals surface area contributed by atoms with E-state index in [0.717, 1.165) is 0 Å². The number of hydrogen-bond acceptors (Lipinski definition) is 3. The number of hydrogen-bond donors (Lipinski definition) is 2. The Bertz CT molecular complexity index is 651. The number of benzene rings is 1. The molecule has 0 atom stereocenters. The molecule has 0 fully saturated rings. The van der Waals surface area contributed by atoms with Crippen LogP contribution in [0.15, 0.2) is 30.5 Å². The molecule has 6 nitrogen and oxygen atoms in total. The zero-order valence-corrected chi connectivity index (χ0v) is 10.7. The monoisotopic (exact) mass is 279 g/mol. The molecule has 0 aliphatic rings. The Labute approximate surface area is 113 Å². The smallest absolute Gasteiger partial charge is 0.335 e. The normalized spacial score (nSPS) is 10.2. The van der Waals surface area contributed by atoms with Crippen molar-refractivity contribution in [3.8, 4) is 5.69 Å². The highest BCUT2D eigenvalue weighted by molar-refractivity contribution is 6.32. The van der Waals surface area contributed by atoms with E-state index >= 15 is 0 Å². The summed E-state index contributed by atoms with van der Waals surface area (Å²) < 4.78 is 1.42. The van der Waals surface area contributed by atoms with Gasteiger partial charge in [0.1, 0.15) is 0 Å². The van der Waals surface area contributed by atoms with Gasteiger partial charge < -0.3 is 10.4 Å². The highest BCUT2D eigenvalue weighted by atomic mass is 35.5. The predicted octanol–water partition coefficient (Wildman–Crippen LogP) is 1.58. The maximum absolute atomic E-state index is 11.4. The standard InChI is InChI=1S/C12H10ClN3O3/c1-14-11(17)9-4-5-16(15-9)10-3-2-7(12(18)19)6-8(10)13/h2-6H,1H3,(H,14,17)(H,18,19). The first-order valence-electron chi connectivity index (χ1n) is 5.34. The van der Waals surface area contributed by atoms with Crippen LogP contribution < -0.4 is 5.32 Å². The average Bonchev–Trinajstić information content (AvgIpc) is 2.87. The number of nitrogens with zero attached hydrogens (tertiary/aromatic N) is 2. The fraction of sp³-hybridized carbons (Fsp3) is 0.0833. The third kappa shape index (κ3) is 2.58. The number of carboxylic acids is 1. The Morgan fingerprint density at radius 2 is 2.11 bits per heavy atom. The first kappa shape index (κ1) is 13.1. The molecule has 0 aliphatic heterocycles. The molecular formula is C12H10ClN3O3. The molecule has 0 saturated carbocycles. The zero-order chi connectivity index (χ0) is 14.0. The summed E-state index contributed by atoms with van der Waals surface area (Å²) in [6.45, 7) is 0. The number of aromatic nitrogens is 2. The van der Waals surface area contributed by atoms with Crippen LogP contribution in [0.4, 0.5) is 0 Å². The van der Waals surface area contributed by atoms with Gasteiger partial charge in [0, 0.05) is 13.2 Å². The minimum absolute atomic E-state index is 0.0902. The lowest BCUT2D eigenvalue weighted by molar-refractivity contribution is 0.0696. The first-order chi connectivity index (χ1) is 9.02. The SMILES string of the molecule is CNC(=O)c1ccn(-c2ccc(C(=O)O)cc2Cl)n1. The van der Waals surface area contributed by atoms with Gasteiger partial charge in [0.05, 0.1) is 16.3 Å². The molecule has 1 aromatic heterocycles. The van der Waals surface area contributed by atoms with Crippen molar-refractivity contribution in [2.75, 3.05) is 7.05 Å². The molecule has 19 heavy (non-hydrogen) atoms. The van der Waals surface area contributed by atoms with Crippen LogP contribution >= 0.6 is 11.6 Å². The van der Waals surface area contributed by atoms with Gasteiger partial charge in [-0.05, 0) is 24.3 Å². The summed E-state index contributed by atoms with van der Waals surface area (Å²) in [5.41, 5.74) is 0.843. The minimum Gasteiger partial charge on any atom is -0.478 e. The summed E-state index contributed by atoms with van der Waals surface area (Å²) in [6, 6.07) is 5.83. The summed E-state index contributed by atoms with van der Waals surface area (Å²) in [4.78, 5) is 22.2. The van der Waals surface area contributed by atoms with E-state index in [1.165, 1.54) is 29.9 Å². The number of carbonyl (C=O) groups excluding carboxylic acids is 1. The van der Waals surface area contributed by atoms with Crippen LogP contribution in [0.5, 0.6) is 0 Å². The van der Waals surface area contributed by atoms with Crippen molar-refractivity contribution in [3.63, 3.8) is 0 Å². The lowest BCUT2D eigenvalue weighted by Crippen LogP contribution is -2.18. The molecule has 98 valence electrons. The number of carboxylic acid groups (broad SMARTS) is 1. The Kier molecular flexibility index (Phi) is 3.52. The van der Waals surface area contributed by atoms with E-state index in [2.05, 4.69) is 10.4 Å². The van der Waals surface area contributed by atoms with Crippen molar-refractivity contribution in [3.05, 3.63) is 46.7 Å². The van der Waals surface area contributed by atoms with Crippen molar-refractivity contribution in [1.82, 2.24) is 15.1 Å². The van der Waals surface area contributed by atoms with Crippen LogP contribution in [-0.2, 0) is 0 Å². The molecule has 1 heterocycles. The fourth-order valence-corrected chi connectivity index (χ4v) is 1.80. The zero-order valence-electron chi connectivity index (χ0n) is 9.92. The number of amides is 1. The molecule has 0 saturated heterocycles. The molecule has 2 rings (SSSR count). The van der Waals surface area contributed by atoms with E-state index < -0.39 is 5.97 Å². The number of carbonyl (C=O) groups is 2. The average molecular weight is 280 g/mol. The highest BCUT2D eigenvalue weighted by Gasteiger charge is 2.12. The molecule has 2 N–H and O–H groups in total. The number of aromatic carboxylic acids is 1. The van der Waals surface area contributed by atoms with Gasteiger partial charge in [-0.2, -0.15) is 5.10 Å². The minimum atomic E-state index is -1.06. The largest absolute Gasteiger partial charge is 0.478 e. The molecule has 0 aliphatic carbocycles. The Balaban J connectivity index is 2.39. The van der Waals surface area contributed by atoms with Crippen LogP contribution in [0.3, 0.4) is 0 Å². The van der Waals surface area contributed by atoms with E-state index in [-0.39, 0.29) is 22.2 Å². The van der Waals surface area contributed by atoms with Gasteiger partial charge in [0.2, 0.25) is 0 Å². The topological polar surface area (TPSA) is 84.2 Å². The van der Waals surface area contributed by atoms with Gasteiger partial charge in [0.15, 0.2) is 5.69 Å². The molecular weight excluding hydrogens is 270 g/mol. The van der Waals surface area contributed by atoms with Crippen molar-refractivity contribution < 1.29 is 14.7 Å². The van der Waals surface area contributed by atoms with Gasteiger partial charge in [-0.15, -0.1) is 0 Å². The first-order valence-corrected chi connectivity index (χ1v) is 5.71. The summed E-state index contributed by atoms with van der Waals surface area (Å²) in [5.74, 6) is -1.36. The lowest BCUT2D eigenvalue weighted by Gasteiger charge is -2.05. The third-order valence-electron chi connectivity index (χ3n) is 2.49. The molecule has 0 spiro atoms. The molecule has 1 aromatic carbocycles. The Morgan fingerprint density at radius 3 is 2.68 bits per heavy atom. The van der Waals surface area contributed by atoms with Crippen molar-refractivity contribution in [2.24, 2.45) is 0 Å². The van der Waals surface area contributed by atoms with Crippen LogP contribution in [0, 0.1) is 0 Å². The van der Waals surface area contributed by atoms with Crippen LogP contribution in [-0.4, -0.2) is 33.8 Å². The van der Waals surface area contributed by atoms with E-state index in [1.807, 2.05) is 0 Å². The number of halogens is 1. The van der Waals surface area contributed by atoms with Crippen molar-refractivity contribution in [1.29, 1.82) is 0 Å². The van der Waals surface area contributed by atoms with Gasteiger partial charge in [0.25, 0.3) is 5.91 Å². The van der Waals surface area contributed by atoms with Gasteiger partial charge in [-0.1, -0.05) is 11.6 Å². The summed E-state index contributed by atoms with van der Waals surface area (Å²) in [6.07, 6.45) is 1.58. The lowest BCUT2D eigenvalue weighted by atomic mass is 10.2. The summed E-state index contributed by atoms with van der Waals surface area (Å²) >= 11 is 6.01. The Hall–Kier alpha value is -2.34. The maximum Gasteiger partial charge on any atom is 0.335 e. The quantitative estimate of drug-likeness (QED) is 0.893. The van der Waals surface area contributed by atoms with E-state index in [0.29, 0.717) is 5.69 Å². The summed E-state index contributed by atoms with van der Waals surface area (Å²) in [7, 11) is 1.51. The molecule has 1 amide bonds. The van der Waals surface area contributed by atoms with Crippen molar-refractivity contribution >= 4 is 23.5 Å². The number of rotatable bonds is 3. The van der Waals surface area contributed by atoms with E-state index in [4.69, 9.17) is 16.7 Å². The maximum atomic E-state index is 11.4. The second-order valence-electron chi connectivity index (χ2n) is 3.70. The second-order valence-corrected chi connectivity index (χ2v) is 4.10. The highest BCUT2D eigenvalue weighted by Crippen LogP contribution is 2.21. The van der Waals surface area contributed by atoms with Crippen LogP contribution in [0.1, 0.15) is 20.8 Å². The van der Waals surface area contributed by atoms with Crippen LogP contribution in [0.2, 0.25) is 5.02 Å². The summed E-state index contributed by atoms with van der Waals surface area (Å²) in [5, 5.41) is 15.6. The van der Waals surface area contributed by atoms with Gasteiger partial charge >= 0.3 is 5.97 Å². The fourth-order valence-electron chi connectivity index (χ4n) is 1.53. The van der Waals surface area contributed by atoms with Crippen LogP contribution in [0.25, 0.3) is 5.69 Å².